The number of aromatic nitrogens is 1. The number of methoxy groups -OCH3 is 1. The Labute approximate surface area is 119 Å². The van der Waals surface area contributed by atoms with E-state index >= 15 is 0 Å². The minimum Gasteiger partial charge on any atom is -0.496 e. The molecule has 108 valence electrons. The van der Waals surface area contributed by atoms with Crippen LogP contribution in [-0.2, 0) is 6.42 Å². The smallest absolute Gasteiger partial charge is 0.170 e. The average molecular weight is 274 g/mol. The van der Waals surface area contributed by atoms with Gasteiger partial charge in [0.1, 0.15) is 5.75 Å². The molecule has 4 nitrogen and oxygen atoms in total. The molecule has 0 unspecified atom stereocenters. The molecule has 0 fully saturated rings. The number of ether oxygens (including phenoxy) is 1. The first kappa shape index (κ1) is 14.6. The molecule has 0 aliphatic carbocycles. The molecule has 0 radical (unpaired) electrons. The predicted octanol–water partition coefficient (Wildman–Crippen LogP) is 3.28. The number of aryl methyl sites for hydroxylation is 1. The fourth-order valence-electron chi connectivity index (χ4n) is 2.38. The van der Waals surface area contributed by atoms with Crippen molar-refractivity contribution in [3.8, 4) is 17.1 Å². The summed E-state index contributed by atoms with van der Waals surface area (Å²) in [4.78, 5) is 0. The molecule has 0 atom stereocenters. The summed E-state index contributed by atoms with van der Waals surface area (Å²) in [7, 11) is 1.69. The van der Waals surface area contributed by atoms with Crippen LogP contribution in [0.15, 0.2) is 22.7 Å². The third-order valence-corrected chi connectivity index (χ3v) is 3.49. The maximum Gasteiger partial charge on any atom is 0.170 e. The van der Waals surface area contributed by atoms with E-state index in [-0.39, 0.29) is 0 Å². The molecule has 0 aliphatic heterocycles. The van der Waals surface area contributed by atoms with Gasteiger partial charge in [-0.15, -0.1) is 0 Å². The highest BCUT2D eigenvalue weighted by Gasteiger charge is 2.16. The lowest BCUT2D eigenvalue weighted by Crippen LogP contribution is -2.04. The van der Waals surface area contributed by atoms with E-state index in [2.05, 4.69) is 25.1 Å². The van der Waals surface area contributed by atoms with E-state index < -0.39 is 0 Å². The summed E-state index contributed by atoms with van der Waals surface area (Å²) >= 11 is 0. The molecule has 0 spiro atoms. The van der Waals surface area contributed by atoms with E-state index in [1.807, 2.05) is 19.1 Å². The molecular formula is C16H22N2O2. The molecule has 2 N–H and O–H groups in total. The quantitative estimate of drug-likeness (QED) is 0.909. The minimum atomic E-state index is 0.381. The van der Waals surface area contributed by atoms with Crippen molar-refractivity contribution in [3.63, 3.8) is 0 Å². The van der Waals surface area contributed by atoms with Gasteiger partial charge >= 0.3 is 0 Å². The zero-order valence-corrected chi connectivity index (χ0v) is 12.6. The molecule has 2 aromatic rings. The fourth-order valence-corrected chi connectivity index (χ4v) is 2.38. The van der Waals surface area contributed by atoms with E-state index in [1.165, 1.54) is 0 Å². The van der Waals surface area contributed by atoms with Crippen molar-refractivity contribution in [1.82, 2.24) is 5.16 Å². The second-order valence-corrected chi connectivity index (χ2v) is 5.23. The van der Waals surface area contributed by atoms with Crippen molar-refractivity contribution in [2.75, 3.05) is 13.7 Å². The summed E-state index contributed by atoms with van der Waals surface area (Å²) < 4.78 is 10.9. The second-order valence-electron chi connectivity index (χ2n) is 5.23. The molecule has 0 saturated heterocycles. The Balaban J connectivity index is 2.50. The van der Waals surface area contributed by atoms with Crippen molar-refractivity contribution in [1.29, 1.82) is 0 Å². The number of rotatable bonds is 5. The van der Waals surface area contributed by atoms with E-state index in [4.69, 9.17) is 15.0 Å². The third-order valence-electron chi connectivity index (χ3n) is 3.49. The lowest BCUT2D eigenvalue weighted by atomic mass is 9.96. The predicted molar refractivity (Wildman–Crippen MR) is 80.1 cm³/mol. The van der Waals surface area contributed by atoms with Gasteiger partial charge in [-0.1, -0.05) is 19.0 Å². The van der Waals surface area contributed by atoms with Crippen molar-refractivity contribution < 1.29 is 9.26 Å². The Hall–Kier alpha value is -1.81. The maximum absolute atomic E-state index is 5.67. The van der Waals surface area contributed by atoms with Crippen LogP contribution in [0, 0.1) is 6.92 Å². The highest BCUT2D eigenvalue weighted by Crippen LogP contribution is 2.33. The van der Waals surface area contributed by atoms with Gasteiger partial charge in [0.2, 0.25) is 0 Å². The van der Waals surface area contributed by atoms with Crippen LogP contribution in [0.3, 0.4) is 0 Å². The van der Waals surface area contributed by atoms with Crippen LogP contribution in [-0.4, -0.2) is 18.8 Å². The van der Waals surface area contributed by atoms with E-state index in [1.54, 1.807) is 7.11 Å². The van der Waals surface area contributed by atoms with Crippen molar-refractivity contribution >= 4 is 0 Å². The van der Waals surface area contributed by atoms with Gasteiger partial charge in [0.15, 0.2) is 5.76 Å². The Kier molecular flexibility index (Phi) is 4.45. The number of nitrogens with two attached hydrogens (primary N) is 1. The van der Waals surface area contributed by atoms with Gasteiger partial charge in [0, 0.05) is 11.1 Å². The normalized spacial score (nSPS) is 11.1. The lowest BCUT2D eigenvalue weighted by Gasteiger charge is -2.13. The number of nitrogens with zero attached hydrogens (tertiary/aromatic N) is 1. The zero-order valence-electron chi connectivity index (χ0n) is 12.6. The van der Waals surface area contributed by atoms with Crippen LogP contribution in [0.1, 0.15) is 36.6 Å². The average Bonchev–Trinajstić information content (AvgIpc) is 2.80. The number of hydrogen-bond donors (Lipinski definition) is 1. The third kappa shape index (κ3) is 2.70. The van der Waals surface area contributed by atoms with Crippen LogP contribution in [0.4, 0.5) is 0 Å². The summed E-state index contributed by atoms with van der Waals surface area (Å²) in [6.45, 7) is 6.83. The molecule has 2 rings (SSSR count). The van der Waals surface area contributed by atoms with E-state index in [0.717, 1.165) is 40.3 Å². The molecule has 0 aliphatic rings. The first-order chi connectivity index (χ1) is 9.58. The van der Waals surface area contributed by atoms with Crippen molar-refractivity contribution in [2.45, 2.75) is 33.1 Å². The summed E-state index contributed by atoms with van der Waals surface area (Å²) in [5.41, 5.74) is 9.86. The first-order valence-corrected chi connectivity index (χ1v) is 6.92. The molecule has 1 aromatic carbocycles. The number of hydrogen-bond acceptors (Lipinski definition) is 4. The van der Waals surface area contributed by atoms with Gasteiger partial charge in [-0.2, -0.15) is 0 Å². The molecule has 0 amide bonds. The van der Waals surface area contributed by atoms with Crippen LogP contribution in [0.2, 0.25) is 0 Å². The maximum atomic E-state index is 5.67. The molecule has 20 heavy (non-hydrogen) atoms. The second kappa shape index (κ2) is 6.09. The van der Waals surface area contributed by atoms with E-state index in [9.17, 15) is 0 Å². The Morgan fingerprint density at radius 3 is 2.70 bits per heavy atom. The fraction of sp³-hybridized carbons (Fsp3) is 0.438. The zero-order chi connectivity index (χ0) is 14.7. The van der Waals surface area contributed by atoms with Crippen molar-refractivity contribution in [2.24, 2.45) is 5.73 Å². The Morgan fingerprint density at radius 1 is 1.35 bits per heavy atom. The monoisotopic (exact) mass is 274 g/mol. The highest BCUT2D eigenvalue weighted by atomic mass is 16.5. The summed E-state index contributed by atoms with van der Waals surface area (Å²) in [6, 6.07) is 6.10. The Morgan fingerprint density at radius 2 is 2.10 bits per heavy atom. The molecule has 0 bridgehead atoms. The van der Waals surface area contributed by atoms with Crippen LogP contribution >= 0.6 is 0 Å². The molecule has 1 aromatic heterocycles. The standard InChI is InChI=1S/C16H22N2O2/c1-10(2)14-9-12(5-6-15(14)19-4)16-13(7-8-17)11(3)18-20-16/h5-6,9-10H,7-8,17H2,1-4H3. The van der Waals surface area contributed by atoms with Gasteiger partial charge in [-0.25, -0.2) is 0 Å². The highest BCUT2D eigenvalue weighted by molar-refractivity contribution is 5.65. The topological polar surface area (TPSA) is 61.3 Å². The van der Waals surface area contributed by atoms with Crippen LogP contribution in [0.5, 0.6) is 5.75 Å². The molecule has 4 heteroatoms. The first-order valence-electron chi connectivity index (χ1n) is 6.92. The SMILES string of the molecule is COc1ccc(-c2onc(C)c2CCN)cc1C(C)C. The van der Waals surface area contributed by atoms with E-state index in [0.29, 0.717) is 12.5 Å². The van der Waals surface area contributed by atoms with Crippen LogP contribution < -0.4 is 10.5 Å². The van der Waals surface area contributed by atoms with Gasteiger partial charge in [-0.05, 0) is 49.6 Å². The molecule has 0 saturated carbocycles. The van der Waals surface area contributed by atoms with Gasteiger partial charge < -0.3 is 15.0 Å². The summed E-state index contributed by atoms with van der Waals surface area (Å²) in [5, 5.41) is 4.07. The van der Waals surface area contributed by atoms with Crippen LogP contribution in [0.25, 0.3) is 11.3 Å². The molecular weight excluding hydrogens is 252 g/mol. The minimum absolute atomic E-state index is 0.381. The number of benzene rings is 1. The van der Waals surface area contributed by atoms with Gasteiger partial charge in [0.25, 0.3) is 0 Å². The largest absolute Gasteiger partial charge is 0.496 e. The van der Waals surface area contributed by atoms with Gasteiger partial charge in [-0.3, -0.25) is 0 Å². The van der Waals surface area contributed by atoms with Gasteiger partial charge in [0.05, 0.1) is 12.8 Å². The van der Waals surface area contributed by atoms with Crippen molar-refractivity contribution in [3.05, 3.63) is 35.0 Å². The Bertz CT molecular complexity index is 588. The summed E-state index contributed by atoms with van der Waals surface area (Å²) in [5.74, 6) is 2.10. The lowest BCUT2D eigenvalue weighted by molar-refractivity contribution is 0.407. The molecule has 1 heterocycles. The summed E-state index contributed by atoms with van der Waals surface area (Å²) in [6.07, 6.45) is 0.772.